The summed E-state index contributed by atoms with van der Waals surface area (Å²) in [6, 6.07) is 9.35. The van der Waals surface area contributed by atoms with E-state index in [1.165, 1.54) is 24.4 Å². The lowest BCUT2D eigenvalue weighted by molar-refractivity contribution is 0.103. The first-order chi connectivity index (χ1) is 9.59. The number of para-hydroxylation sites is 1. The van der Waals surface area contributed by atoms with E-state index in [-0.39, 0.29) is 10.6 Å². The van der Waals surface area contributed by atoms with Crippen molar-refractivity contribution in [2.24, 2.45) is 0 Å². The van der Waals surface area contributed by atoms with Crippen LogP contribution < -0.4 is 0 Å². The Morgan fingerprint density at radius 1 is 1.05 bits per heavy atom. The van der Waals surface area contributed by atoms with Gasteiger partial charge in [0.15, 0.2) is 5.78 Å². The molecule has 0 saturated carbocycles. The van der Waals surface area contributed by atoms with Gasteiger partial charge in [0.2, 0.25) is 0 Å². The third kappa shape index (κ3) is 1.99. The summed E-state index contributed by atoms with van der Waals surface area (Å²) in [4.78, 5) is 15.4. The van der Waals surface area contributed by atoms with Gasteiger partial charge in [-0.25, -0.2) is 4.39 Å². The highest BCUT2D eigenvalue weighted by atomic mass is 35.5. The molecule has 3 aromatic rings. The van der Waals surface area contributed by atoms with Crippen LogP contribution in [0.25, 0.3) is 10.9 Å². The Hall–Kier alpha value is -1.84. The number of carbonyl (C=O) groups excluding carboxylic acids is 1. The molecule has 0 fully saturated rings. The normalized spacial score (nSPS) is 10.9. The van der Waals surface area contributed by atoms with Crippen molar-refractivity contribution < 1.29 is 9.18 Å². The van der Waals surface area contributed by atoms with Crippen LogP contribution in [0.15, 0.2) is 42.6 Å². The topological polar surface area (TPSA) is 32.9 Å². The summed E-state index contributed by atoms with van der Waals surface area (Å²) in [5.41, 5.74) is 0.856. The van der Waals surface area contributed by atoms with Gasteiger partial charge in [0.25, 0.3) is 0 Å². The SMILES string of the molecule is O=C(c1c(F)cccc1Cl)c1c[nH]c2c(Cl)cccc12. The number of aromatic nitrogens is 1. The van der Waals surface area contributed by atoms with E-state index >= 15 is 0 Å². The van der Waals surface area contributed by atoms with Crippen LogP contribution >= 0.6 is 23.2 Å². The molecule has 0 aliphatic rings. The minimum atomic E-state index is -0.640. The Kier molecular flexibility index (Phi) is 3.24. The van der Waals surface area contributed by atoms with E-state index in [9.17, 15) is 9.18 Å². The van der Waals surface area contributed by atoms with Gasteiger partial charge in [-0.2, -0.15) is 0 Å². The van der Waals surface area contributed by atoms with Crippen molar-refractivity contribution in [2.75, 3.05) is 0 Å². The first kappa shape index (κ1) is 13.2. The standard InChI is InChI=1S/C15H8Cl2FNO/c16-10-4-2-6-12(18)13(10)15(20)9-7-19-14-8(9)3-1-5-11(14)17/h1-7,19H. The zero-order chi connectivity index (χ0) is 14.3. The van der Waals surface area contributed by atoms with Crippen LogP contribution in [0.2, 0.25) is 10.0 Å². The van der Waals surface area contributed by atoms with E-state index in [2.05, 4.69) is 4.98 Å². The molecule has 0 amide bonds. The van der Waals surface area contributed by atoms with Gasteiger partial charge in [-0.3, -0.25) is 4.79 Å². The van der Waals surface area contributed by atoms with Crippen molar-refractivity contribution >= 4 is 39.9 Å². The Morgan fingerprint density at radius 3 is 2.50 bits per heavy atom. The van der Waals surface area contributed by atoms with Gasteiger partial charge in [-0.15, -0.1) is 0 Å². The number of rotatable bonds is 2. The van der Waals surface area contributed by atoms with Gasteiger partial charge >= 0.3 is 0 Å². The molecule has 0 aliphatic carbocycles. The summed E-state index contributed by atoms with van der Waals surface area (Å²) < 4.78 is 13.8. The molecule has 0 bridgehead atoms. The van der Waals surface area contributed by atoms with Crippen molar-refractivity contribution in [3.8, 4) is 0 Å². The Morgan fingerprint density at radius 2 is 1.75 bits per heavy atom. The van der Waals surface area contributed by atoms with Crippen molar-refractivity contribution in [2.45, 2.75) is 0 Å². The summed E-state index contributed by atoms with van der Waals surface area (Å²) in [5, 5.41) is 1.23. The maximum Gasteiger partial charge on any atom is 0.199 e. The fraction of sp³-hybridized carbons (Fsp3) is 0. The molecule has 3 rings (SSSR count). The molecule has 20 heavy (non-hydrogen) atoms. The minimum Gasteiger partial charge on any atom is -0.359 e. The fourth-order valence-corrected chi connectivity index (χ4v) is 2.63. The average Bonchev–Trinajstić information content (AvgIpc) is 2.83. The monoisotopic (exact) mass is 307 g/mol. The van der Waals surface area contributed by atoms with Crippen molar-refractivity contribution in [1.82, 2.24) is 4.98 Å². The van der Waals surface area contributed by atoms with Gasteiger partial charge in [0.05, 0.1) is 21.1 Å². The van der Waals surface area contributed by atoms with Gasteiger partial charge in [0, 0.05) is 17.1 Å². The van der Waals surface area contributed by atoms with E-state index in [1.807, 2.05) is 0 Å². The van der Waals surface area contributed by atoms with Crippen molar-refractivity contribution in [3.63, 3.8) is 0 Å². The summed E-state index contributed by atoms with van der Waals surface area (Å²) in [5.74, 6) is -1.11. The number of H-pyrrole nitrogens is 1. The van der Waals surface area contributed by atoms with Gasteiger partial charge in [0.1, 0.15) is 5.82 Å². The lowest BCUT2D eigenvalue weighted by Gasteiger charge is -2.04. The fourth-order valence-electron chi connectivity index (χ4n) is 2.15. The lowest BCUT2D eigenvalue weighted by atomic mass is 10.0. The largest absolute Gasteiger partial charge is 0.359 e. The van der Waals surface area contributed by atoms with Crippen LogP contribution in [0.1, 0.15) is 15.9 Å². The van der Waals surface area contributed by atoms with Crippen LogP contribution in [0.5, 0.6) is 0 Å². The van der Waals surface area contributed by atoms with Crippen LogP contribution in [0.4, 0.5) is 4.39 Å². The third-order valence-electron chi connectivity index (χ3n) is 3.10. The predicted octanol–water partition coefficient (Wildman–Crippen LogP) is 4.84. The summed E-state index contributed by atoms with van der Waals surface area (Å²) in [7, 11) is 0. The quantitative estimate of drug-likeness (QED) is 0.675. The highest BCUT2D eigenvalue weighted by Gasteiger charge is 2.20. The summed E-state index contributed by atoms with van der Waals surface area (Å²) in [6.07, 6.45) is 1.52. The van der Waals surface area contributed by atoms with Gasteiger partial charge in [-0.05, 0) is 18.2 Å². The minimum absolute atomic E-state index is 0.0892. The number of hydrogen-bond donors (Lipinski definition) is 1. The molecule has 1 N–H and O–H groups in total. The maximum atomic E-state index is 13.8. The first-order valence-corrected chi connectivity index (χ1v) is 6.59. The van der Waals surface area contributed by atoms with E-state index in [1.54, 1.807) is 18.2 Å². The number of nitrogens with one attached hydrogen (secondary N) is 1. The van der Waals surface area contributed by atoms with E-state index < -0.39 is 11.6 Å². The molecule has 0 atom stereocenters. The number of hydrogen-bond acceptors (Lipinski definition) is 1. The number of halogens is 3. The molecular weight excluding hydrogens is 300 g/mol. The second-order valence-corrected chi connectivity index (χ2v) is 5.10. The average molecular weight is 308 g/mol. The number of benzene rings is 2. The zero-order valence-corrected chi connectivity index (χ0v) is 11.6. The van der Waals surface area contributed by atoms with E-state index in [4.69, 9.17) is 23.2 Å². The Bertz CT molecular complexity index is 806. The summed E-state index contributed by atoms with van der Waals surface area (Å²) >= 11 is 12.0. The molecule has 0 radical (unpaired) electrons. The molecule has 2 aromatic carbocycles. The Labute approximate surface area is 124 Å². The highest BCUT2D eigenvalue weighted by molar-refractivity contribution is 6.37. The van der Waals surface area contributed by atoms with Gasteiger partial charge in [-0.1, -0.05) is 41.4 Å². The van der Waals surface area contributed by atoms with Crippen molar-refractivity contribution in [3.05, 3.63) is 69.6 Å². The second-order valence-electron chi connectivity index (χ2n) is 4.29. The number of aromatic amines is 1. The third-order valence-corrected chi connectivity index (χ3v) is 3.73. The Balaban J connectivity index is 2.21. The van der Waals surface area contributed by atoms with E-state index in [0.717, 1.165) is 0 Å². The maximum absolute atomic E-state index is 13.8. The molecule has 0 unspecified atom stereocenters. The van der Waals surface area contributed by atoms with E-state index in [0.29, 0.717) is 21.5 Å². The molecule has 1 heterocycles. The molecule has 0 spiro atoms. The number of ketones is 1. The van der Waals surface area contributed by atoms with Gasteiger partial charge < -0.3 is 4.98 Å². The molecule has 5 heteroatoms. The molecule has 0 aliphatic heterocycles. The first-order valence-electron chi connectivity index (χ1n) is 5.84. The second kappa shape index (κ2) is 4.93. The molecule has 0 saturated heterocycles. The molecule has 1 aromatic heterocycles. The summed E-state index contributed by atoms with van der Waals surface area (Å²) in [6.45, 7) is 0. The smallest absolute Gasteiger partial charge is 0.199 e. The van der Waals surface area contributed by atoms with Crippen LogP contribution in [-0.4, -0.2) is 10.8 Å². The molecular formula is C15H8Cl2FNO. The highest BCUT2D eigenvalue weighted by Crippen LogP contribution is 2.29. The van der Waals surface area contributed by atoms with Crippen LogP contribution in [0, 0.1) is 5.82 Å². The predicted molar refractivity (Wildman–Crippen MR) is 78.2 cm³/mol. The number of fused-ring (bicyclic) bond motifs is 1. The lowest BCUT2D eigenvalue weighted by Crippen LogP contribution is -2.04. The van der Waals surface area contributed by atoms with Crippen molar-refractivity contribution in [1.29, 1.82) is 0 Å². The number of carbonyl (C=O) groups is 1. The molecule has 2 nitrogen and oxygen atoms in total. The van der Waals surface area contributed by atoms with Crippen LogP contribution in [-0.2, 0) is 0 Å². The van der Waals surface area contributed by atoms with Crippen LogP contribution in [0.3, 0.4) is 0 Å². The molecule has 100 valence electrons. The zero-order valence-electron chi connectivity index (χ0n) is 10.1.